The van der Waals surface area contributed by atoms with E-state index < -0.39 is 10.0 Å². The molecule has 0 aromatic heterocycles. The van der Waals surface area contributed by atoms with E-state index in [9.17, 15) is 13.2 Å². The highest BCUT2D eigenvalue weighted by molar-refractivity contribution is 7.88. The molecule has 1 heterocycles. The first-order valence-corrected chi connectivity index (χ1v) is 9.21. The minimum Gasteiger partial charge on any atom is -0.339 e. The molecule has 0 saturated carbocycles. The van der Waals surface area contributed by atoms with Crippen molar-refractivity contribution in [3.05, 3.63) is 41.5 Å². The van der Waals surface area contributed by atoms with E-state index in [1.54, 1.807) is 29.2 Å². The van der Waals surface area contributed by atoms with E-state index in [-0.39, 0.29) is 11.9 Å². The van der Waals surface area contributed by atoms with Crippen molar-refractivity contribution < 1.29 is 13.2 Å². The summed E-state index contributed by atoms with van der Waals surface area (Å²) < 4.78 is 25.0. The highest BCUT2D eigenvalue weighted by atomic mass is 32.2. The van der Waals surface area contributed by atoms with Gasteiger partial charge in [0.15, 0.2) is 0 Å². The molecule has 0 radical (unpaired) electrons. The Morgan fingerprint density at radius 1 is 1.35 bits per heavy atom. The lowest BCUT2D eigenvalue weighted by atomic mass is 10.1. The fraction of sp³-hybridized carbons (Fsp3) is 0.375. The first-order chi connectivity index (χ1) is 10.9. The zero-order valence-electron chi connectivity index (χ0n) is 12.9. The maximum atomic E-state index is 12.2. The summed E-state index contributed by atoms with van der Waals surface area (Å²) in [5.74, 6) is -0.129. The Bertz CT molecular complexity index is 742. The summed E-state index contributed by atoms with van der Waals surface area (Å²) in [7, 11) is -3.21. The van der Waals surface area contributed by atoms with Crippen LogP contribution in [-0.4, -0.2) is 44.6 Å². The van der Waals surface area contributed by atoms with Gasteiger partial charge in [-0.05, 0) is 30.5 Å². The van der Waals surface area contributed by atoms with Crippen LogP contribution in [0, 0.1) is 11.3 Å². The van der Waals surface area contributed by atoms with E-state index >= 15 is 0 Å². The molecular formula is C16H19N3O3S. The standard InChI is InChI=1S/C16H19N3O3S/c1-23(21,22)18-15-8-10-19(11-9-15)16(20)7-6-13-4-2-3-5-14(13)12-17/h2-7,15,18H,8-11H2,1H3. The van der Waals surface area contributed by atoms with Crippen LogP contribution in [-0.2, 0) is 14.8 Å². The maximum absolute atomic E-state index is 12.2. The number of likely N-dealkylation sites (tertiary alicyclic amines) is 1. The summed E-state index contributed by atoms with van der Waals surface area (Å²) in [6.45, 7) is 1.02. The quantitative estimate of drug-likeness (QED) is 0.836. The lowest BCUT2D eigenvalue weighted by Crippen LogP contribution is -2.45. The number of benzene rings is 1. The molecule has 1 saturated heterocycles. The van der Waals surface area contributed by atoms with Crippen LogP contribution in [0.4, 0.5) is 0 Å². The largest absolute Gasteiger partial charge is 0.339 e. The van der Waals surface area contributed by atoms with E-state index in [0.717, 1.165) is 6.26 Å². The molecule has 122 valence electrons. The molecule has 1 amide bonds. The number of nitriles is 1. The molecule has 0 spiro atoms. The normalized spacial score (nSPS) is 16.4. The van der Waals surface area contributed by atoms with Crippen LogP contribution < -0.4 is 4.72 Å². The first-order valence-electron chi connectivity index (χ1n) is 7.32. The van der Waals surface area contributed by atoms with Gasteiger partial charge in [-0.2, -0.15) is 5.26 Å². The fourth-order valence-electron chi connectivity index (χ4n) is 2.53. The maximum Gasteiger partial charge on any atom is 0.246 e. The van der Waals surface area contributed by atoms with Crippen molar-refractivity contribution in [1.82, 2.24) is 9.62 Å². The average Bonchev–Trinajstić information content (AvgIpc) is 2.52. The zero-order valence-corrected chi connectivity index (χ0v) is 13.7. The zero-order chi connectivity index (χ0) is 16.9. The Morgan fingerprint density at radius 2 is 2.00 bits per heavy atom. The van der Waals surface area contributed by atoms with Crippen molar-refractivity contribution in [3.8, 4) is 6.07 Å². The number of rotatable bonds is 4. The molecule has 23 heavy (non-hydrogen) atoms. The molecule has 0 aliphatic carbocycles. The van der Waals surface area contributed by atoms with E-state index in [4.69, 9.17) is 5.26 Å². The number of amides is 1. The fourth-order valence-corrected chi connectivity index (χ4v) is 3.37. The van der Waals surface area contributed by atoms with Crippen molar-refractivity contribution in [3.63, 3.8) is 0 Å². The van der Waals surface area contributed by atoms with Crippen LogP contribution in [0.5, 0.6) is 0 Å². The van der Waals surface area contributed by atoms with Crippen LogP contribution in [0.2, 0.25) is 0 Å². The molecule has 1 fully saturated rings. The van der Waals surface area contributed by atoms with Gasteiger partial charge in [0.25, 0.3) is 0 Å². The van der Waals surface area contributed by atoms with Gasteiger partial charge in [-0.3, -0.25) is 4.79 Å². The number of carbonyl (C=O) groups excluding carboxylic acids is 1. The van der Waals surface area contributed by atoms with Crippen LogP contribution in [0.25, 0.3) is 6.08 Å². The third kappa shape index (κ3) is 5.20. The Hall–Kier alpha value is -2.17. The van der Waals surface area contributed by atoms with Gasteiger partial charge < -0.3 is 4.90 Å². The van der Waals surface area contributed by atoms with Crippen molar-refractivity contribution >= 4 is 22.0 Å². The molecular weight excluding hydrogens is 314 g/mol. The number of nitrogens with zero attached hydrogens (tertiary/aromatic N) is 2. The monoisotopic (exact) mass is 333 g/mol. The van der Waals surface area contributed by atoms with Gasteiger partial charge in [0.2, 0.25) is 15.9 Å². The van der Waals surface area contributed by atoms with Crippen molar-refractivity contribution in [2.75, 3.05) is 19.3 Å². The molecule has 1 aliphatic heterocycles. The number of sulfonamides is 1. The Kier molecular flexibility index (Phi) is 5.53. The lowest BCUT2D eigenvalue weighted by molar-refractivity contribution is -0.126. The SMILES string of the molecule is CS(=O)(=O)NC1CCN(C(=O)C=Cc2ccccc2C#N)CC1. The van der Waals surface area contributed by atoms with Crippen molar-refractivity contribution in [1.29, 1.82) is 5.26 Å². The van der Waals surface area contributed by atoms with Gasteiger partial charge in [-0.1, -0.05) is 18.2 Å². The van der Waals surface area contributed by atoms with Gasteiger partial charge in [0, 0.05) is 25.2 Å². The smallest absolute Gasteiger partial charge is 0.246 e. The predicted molar refractivity (Wildman–Crippen MR) is 87.8 cm³/mol. The molecule has 1 aromatic rings. The molecule has 0 bridgehead atoms. The number of carbonyl (C=O) groups is 1. The third-order valence-corrected chi connectivity index (χ3v) is 4.44. The van der Waals surface area contributed by atoms with Crippen LogP contribution in [0.15, 0.2) is 30.3 Å². The molecule has 0 atom stereocenters. The van der Waals surface area contributed by atoms with Gasteiger partial charge in [0.1, 0.15) is 0 Å². The second-order valence-electron chi connectivity index (χ2n) is 5.52. The first kappa shape index (κ1) is 17.2. The Balaban J connectivity index is 1.93. The summed E-state index contributed by atoms with van der Waals surface area (Å²) in [6, 6.07) is 9.04. The number of piperidine rings is 1. The molecule has 1 N–H and O–H groups in total. The summed E-state index contributed by atoms with van der Waals surface area (Å²) >= 11 is 0. The van der Waals surface area contributed by atoms with Gasteiger partial charge in [-0.25, -0.2) is 13.1 Å². The van der Waals surface area contributed by atoms with Crippen molar-refractivity contribution in [2.24, 2.45) is 0 Å². The van der Waals surface area contributed by atoms with E-state index in [2.05, 4.69) is 10.8 Å². The summed E-state index contributed by atoms with van der Waals surface area (Å²) in [5, 5.41) is 9.02. The number of nitrogens with one attached hydrogen (secondary N) is 1. The molecule has 1 aliphatic rings. The average molecular weight is 333 g/mol. The van der Waals surface area contributed by atoms with Gasteiger partial charge >= 0.3 is 0 Å². The number of hydrogen-bond acceptors (Lipinski definition) is 4. The Labute approximate surface area is 136 Å². The summed E-state index contributed by atoms with van der Waals surface area (Å²) in [4.78, 5) is 13.9. The molecule has 6 nitrogen and oxygen atoms in total. The minimum atomic E-state index is -3.21. The lowest BCUT2D eigenvalue weighted by Gasteiger charge is -2.31. The topological polar surface area (TPSA) is 90.3 Å². The van der Waals surface area contributed by atoms with E-state index in [0.29, 0.717) is 37.1 Å². The second-order valence-corrected chi connectivity index (χ2v) is 7.30. The van der Waals surface area contributed by atoms with Crippen LogP contribution in [0.1, 0.15) is 24.0 Å². The highest BCUT2D eigenvalue weighted by Crippen LogP contribution is 2.13. The van der Waals surface area contributed by atoms with Gasteiger partial charge in [0.05, 0.1) is 17.9 Å². The van der Waals surface area contributed by atoms with E-state index in [1.165, 1.54) is 6.08 Å². The Morgan fingerprint density at radius 3 is 2.61 bits per heavy atom. The molecule has 1 aromatic carbocycles. The van der Waals surface area contributed by atoms with Gasteiger partial charge in [-0.15, -0.1) is 0 Å². The van der Waals surface area contributed by atoms with E-state index in [1.807, 2.05) is 6.07 Å². The third-order valence-electron chi connectivity index (χ3n) is 3.67. The minimum absolute atomic E-state index is 0.114. The van der Waals surface area contributed by atoms with Crippen LogP contribution >= 0.6 is 0 Å². The summed E-state index contributed by atoms with van der Waals surface area (Å²) in [5.41, 5.74) is 1.23. The van der Waals surface area contributed by atoms with Crippen molar-refractivity contribution in [2.45, 2.75) is 18.9 Å². The molecule has 2 rings (SSSR count). The predicted octanol–water partition coefficient (Wildman–Crippen LogP) is 1.11. The molecule has 7 heteroatoms. The molecule has 0 unspecified atom stereocenters. The number of hydrogen-bond donors (Lipinski definition) is 1. The highest BCUT2D eigenvalue weighted by Gasteiger charge is 2.23. The second kappa shape index (κ2) is 7.40. The summed E-state index contributed by atoms with van der Waals surface area (Å²) in [6.07, 6.45) is 5.44. The van der Waals surface area contributed by atoms with Crippen LogP contribution in [0.3, 0.4) is 0 Å².